The summed E-state index contributed by atoms with van der Waals surface area (Å²) < 4.78 is 10.00. The quantitative estimate of drug-likeness (QED) is 0.301. The second kappa shape index (κ2) is 8.90. The Balaban J connectivity index is 2.14. The third kappa shape index (κ3) is 6.17. The number of nitro benzene ring substituents is 1. The second-order valence-corrected chi connectivity index (χ2v) is 4.34. The molecule has 0 saturated carbocycles. The molecular weight excluding hydrogens is 262 g/mol. The van der Waals surface area contributed by atoms with Gasteiger partial charge < -0.3 is 9.47 Å². The van der Waals surface area contributed by atoms with E-state index in [1.54, 1.807) is 12.1 Å². The zero-order chi connectivity index (χ0) is 14.8. The van der Waals surface area contributed by atoms with Gasteiger partial charge >= 0.3 is 5.97 Å². The molecule has 110 valence electrons. The minimum atomic E-state index is -0.445. The number of ether oxygens (including phenoxy) is 2. The van der Waals surface area contributed by atoms with Crippen molar-refractivity contribution in [2.45, 2.75) is 32.1 Å². The third-order valence-electron chi connectivity index (χ3n) is 2.80. The number of benzene rings is 1. The molecular formula is C14H19NO5. The van der Waals surface area contributed by atoms with Crippen LogP contribution in [0.1, 0.15) is 32.1 Å². The summed E-state index contributed by atoms with van der Waals surface area (Å²) in [6, 6.07) is 6.14. The normalized spacial score (nSPS) is 10.1. The lowest BCUT2D eigenvalue weighted by atomic mass is 10.1. The Morgan fingerprint density at radius 2 is 2.00 bits per heavy atom. The predicted octanol–water partition coefficient (Wildman–Crippen LogP) is 3.10. The van der Waals surface area contributed by atoms with Crippen molar-refractivity contribution in [1.29, 1.82) is 0 Å². The van der Waals surface area contributed by atoms with E-state index in [0.29, 0.717) is 18.8 Å². The molecule has 0 aromatic heterocycles. The summed E-state index contributed by atoms with van der Waals surface area (Å²) in [6.45, 7) is 0.513. The number of carbonyl (C=O) groups excluding carboxylic acids is 1. The molecule has 1 rings (SSSR count). The van der Waals surface area contributed by atoms with Gasteiger partial charge in [-0.15, -0.1) is 0 Å². The van der Waals surface area contributed by atoms with Crippen LogP contribution in [0.15, 0.2) is 24.3 Å². The van der Waals surface area contributed by atoms with Gasteiger partial charge in [0.05, 0.1) is 24.7 Å². The summed E-state index contributed by atoms with van der Waals surface area (Å²) in [5.41, 5.74) is 0.0283. The number of hydrogen-bond acceptors (Lipinski definition) is 5. The van der Waals surface area contributed by atoms with Gasteiger partial charge in [0.1, 0.15) is 5.75 Å². The maximum absolute atomic E-state index is 10.9. The summed E-state index contributed by atoms with van der Waals surface area (Å²) in [6.07, 6.45) is 3.99. The molecule has 0 heterocycles. The molecule has 0 amide bonds. The number of carbonyl (C=O) groups is 1. The predicted molar refractivity (Wildman–Crippen MR) is 73.7 cm³/mol. The lowest BCUT2D eigenvalue weighted by Gasteiger charge is -2.05. The fourth-order valence-corrected chi connectivity index (χ4v) is 1.70. The molecule has 0 saturated heterocycles. The van der Waals surface area contributed by atoms with Gasteiger partial charge in [0, 0.05) is 12.5 Å². The van der Waals surface area contributed by atoms with Crippen LogP contribution in [0.4, 0.5) is 5.69 Å². The van der Waals surface area contributed by atoms with Crippen molar-refractivity contribution < 1.29 is 19.2 Å². The molecule has 0 spiro atoms. The Bertz CT molecular complexity index is 447. The van der Waals surface area contributed by atoms with Crippen molar-refractivity contribution in [2.24, 2.45) is 0 Å². The zero-order valence-corrected chi connectivity index (χ0v) is 11.5. The van der Waals surface area contributed by atoms with Gasteiger partial charge in [-0.05, 0) is 18.9 Å². The summed E-state index contributed by atoms with van der Waals surface area (Å²) in [7, 11) is 1.38. The maximum atomic E-state index is 10.9. The molecule has 0 atom stereocenters. The molecule has 0 aliphatic carbocycles. The molecule has 0 radical (unpaired) electrons. The average molecular weight is 281 g/mol. The highest BCUT2D eigenvalue weighted by atomic mass is 16.6. The Hall–Kier alpha value is -2.11. The first kappa shape index (κ1) is 15.9. The van der Waals surface area contributed by atoms with E-state index >= 15 is 0 Å². The van der Waals surface area contributed by atoms with Crippen molar-refractivity contribution in [3.8, 4) is 5.75 Å². The van der Waals surface area contributed by atoms with Gasteiger partial charge in [0.15, 0.2) is 0 Å². The number of nitro groups is 1. The summed E-state index contributed by atoms with van der Waals surface area (Å²) >= 11 is 0. The first-order valence-corrected chi connectivity index (χ1v) is 6.57. The van der Waals surface area contributed by atoms with Crippen LogP contribution in [0.3, 0.4) is 0 Å². The van der Waals surface area contributed by atoms with Crippen LogP contribution in [0, 0.1) is 10.1 Å². The molecule has 1 aromatic carbocycles. The smallest absolute Gasteiger partial charge is 0.305 e. The van der Waals surface area contributed by atoms with Gasteiger partial charge in [-0.25, -0.2) is 0 Å². The number of nitrogens with zero attached hydrogens (tertiary/aromatic N) is 1. The molecule has 0 N–H and O–H groups in total. The van der Waals surface area contributed by atoms with Gasteiger partial charge in [0.25, 0.3) is 5.69 Å². The van der Waals surface area contributed by atoms with Gasteiger partial charge in [0.2, 0.25) is 0 Å². The average Bonchev–Trinajstić information content (AvgIpc) is 2.46. The van der Waals surface area contributed by atoms with Crippen LogP contribution in [-0.2, 0) is 9.53 Å². The van der Waals surface area contributed by atoms with Crippen LogP contribution in [-0.4, -0.2) is 24.6 Å². The fourth-order valence-electron chi connectivity index (χ4n) is 1.70. The molecule has 6 heteroatoms. The monoisotopic (exact) mass is 281 g/mol. The largest absolute Gasteiger partial charge is 0.493 e. The first-order valence-electron chi connectivity index (χ1n) is 6.57. The van der Waals surface area contributed by atoms with E-state index in [4.69, 9.17) is 4.74 Å². The highest BCUT2D eigenvalue weighted by Gasteiger charge is 2.06. The number of rotatable bonds is 9. The molecule has 0 bridgehead atoms. The highest BCUT2D eigenvalue weighted by molar-refractivity contribution is 5.68. The Morgan fingerprint density at radius 1 is 1.25 bits per heavy atom. The molecule has 0 fully saturated rings. The second-order valence-electron chi connectivity index (χ2n) is 4.34. The van der Waals surface area contributed by atoms with Crippen molar-refractivity contribution in [3.05, 3.63) is 34.4 Å². The van der Waals surface area contributed by atoms with Crippen molar-refractivity contribution in [1.82, 2.24) is 0 Å². The number of methoxy groups -OCH3 is 1. The Kier molecular flexibility index (Phi) is 7.10. The standard InChI is InChI=1S/C14H19NO5/c1-19-14(16)9-4-2-3-5-10-20-13-8-6-7-12(11-13)15(17)18/h6-8,11H,2-5,9-10H2,1H3. The van der Waals surface area contributed by atoms with Crippen LogP contribution < -0.4 is 4.74 Å². The SMILES string of the molecule is COC(=O)CCCCCCOc1cccc([N+](=O)[O-])c1. The molecule has 6 nitrogen and oxygen atoms in total. The minimum Gasteiger partial charge on any atom is -0.493 e. The lowest BCUT2D eigenvalue weighted by molar-refractivity contribution is -0.384. The molecule has 1 aromatic rings. The van der Waals surface area contributed by atoms with Gasteiger partial charge in [-0.1, -0.05) is 18.9 Å². The van der Waals surface area contributed by atoms with Crippen LogP contribution in [0.2, 0.25) is 0 Å². The number of hydrogen-bond donors (Lipinski definition) is 0. The molecule has 0 unspecified atom stereocenters. The van der Waals surface area contributed by atoms with E-state index in [9.17, 15) is 14.9 Å². The fraction of sp³-hybridized carbons (Fsp3) is 0.500. The number of esters is 1. The molecule has 0 aliphatic heterocycles. The van der Waals surface area contributed by atoms with Crippen molar-refractivity contribution in [3.63, 3.8) is 0 Å². The topological polar surface area (TPSA) is 78.7 Å². The number of unbranched alkanes of at least 4 members (excludes halogenated alkanes) is 3. The van der Waals surface area contributed by atoms with E-state index in [1.165, 1.54) is 19.2 Å². The van der Waals surface area contributed by atoms with Crippen molar-refractivity contribution in [2.75, 3.05) is 13.7 Å². The first-order chi connectivity index (χ1) is 9.63. The summed E-state index contributed by atoms with van der Waals surface area (Å²) in [4.78, 5) is 21.0. The third-order valence-corrected chi connectivity index (χ3v) is 2.80. The van der Waals surface area contributed by atoms with Gasteiger partial charge in [-0.3, -0.25) is 14.9 Å². The zero-order valence-electron chi connectivity index (χ0n) is 11.5. The van der Waals surface area contributed by atoms with E-state index in [2.05, 4.69) is 4.74 Å². The number of non-ortho nitro benzene ring substituents is 1. The van der Waals surface area contributed by atoms with E-state index < -0.39 is 4.92 Å². The molecule has 0 aliphatic rings. The maximum Gasteiger partial charge on any atom is 0.305 e. The van der Waals surface area contributed by atoms with Crippen LogP contribution in [0.5, 0.6) is 5.75 Å². The van der Waals surface area contributed by atoms with Gasteiger partial charge in [-0.2, -0.15) is 0 Å². The van der Waals surface area contributed by atoms with Crippen molar-refractivity contribution >= 4 is 11.7 Å². The van der Waals surface area contributed by atoms with E-state index in [1.807, 2.05) is 0 Å². The van der Waals surface area contributed by atoms with E-state index in [0.717, 1.165) is 25.7 Å². The molecule has 20 heavy (non-hydrogen) atoms. The van der Waals surface area contributed by atoms with Crippen LogP contribution >= 0.6 is 0 Å². The Labute approximate surface area is 117 Å². The lowest BCUT2D eigenvalue weighted by Crippen LogP contribution is -2.00. The van der Waals surface area contributed by atoms with E-state index in [-0.39, 0.29) is 11.7 Å². The van der Waals surface area contributed by atoms with Crippen LogP contribution in [0.25, 0.3) is 0 Å². The summed E-state index contributed by atoms with van der Waals surface area (Å²) in [5.74, 6) is 0.326. The Morgan fingerprint density at radius 3 is 2.70 bits per heavy atom. The highest BCUT2D eigenvalue weighted by Crippen LogP contribution is 2.19. The minimum absolute atomic E-state index is 0.0283. The summed E-state index contributed by atoms with van der Waals surface area (Å²) in [5, 5.41) is 10.6.